The summed E-state index contributed by atoms with van der Waals surface area (Å²) < 4.78 is 84.8. The zero-order valence-corrected chi connectivity index (χ0v) is 27.8. The highest BCUT2D eigenvalue weighted by molar-refractivity contribution is 7.93. The van der Waals surface area contributed by atoms with Crippen molar-refractivity contribution in [2.24, 2.45) is 0 Å². The van der Waals surface area contributed by atoms with Crippen LogP contribution in [0.1, 0.15) is 28.3 Å². The highest BCUT2D eigenvalue weighted by Crippen LogP contribution is 2.52. The summed E-state index contributed by atoms with van der Waals surface area (Å²) in [6.07, 6.45) is -5.28. The van der Waals surface area contributed by atoms with Crippen LogP contribution in [0.5, 0.6) is 17.2 Å². The molecule has 2 heterocycles. The van der Waals surface area contributed by atoms with Crippen LogP contribution >= 0.6 is 11.6 Å². The monoisotopic (exact) mass is 715 g/mol. The van der Waals surface area contributed by atoms with Crippen molar-refractivity contribution in [1.29, 1.82) is 0 Å². The Morgan fingerprint density at radius 2 is 1.69 bits per heavy atom. The molecular weight excluding hydrogens is 687 g/mol. The van der Waals surface area contributed by atoms with Crippen LogP contribution in [0.2, 0.25) is 5.02 Å². The number of carbonyl (C=O) groups is 2. The van der Waals surface area contributed by atoms with Gasteiger partial charge in [-0.15, -0.1) is 13.2 Å². The summed E-state index contributed by atoms with van der Waals surface area (Å²) >= 11 is 6.47. The number of likely N-dealkylation sites (N-methyl/N-ethyl adjacent to an activating group) is 1. The number of rotatable bonds is 9. The first-order chi connectivity index (χ1) is 23.2. The van der Waals surface area contributed by atoms with Crippen molar-refractivity contribution in [3.8, 4) is 17.2 Å². The predicted octanol–water partition coefficient (Wildman–Crippen LogP) is 5.58. The lowest BCUT2D eigenvalue weighted by Crippen LogP contribution is -2.52. The van der Waals surface area contributed by atoms with E-state index >= 15 is 4.79 Å². The van der Waals surface area contributed by atoms with Gasteiger partial charge in [0.05, 0.1) is 19.9 Å². The summed E-state index contributed by atoms with van der Waals surface area (Å²) in [7, 11) is -1.12. The first-order valence-corrected chi connectivity index (χ1v) is 16.6. The van der Waals surface area contributed by atoms with Gasteiger partial charge in [0, 0.05) is 42.4 Å². The van der Waals surface area contributed by atoms with Gasteiger partial charge in [-0.2, -0.15) is 0 Å². The van der Waals surface area contributed by atoms with Crippen LogP contribution in [0.25, 0.3) is 0 Å². The molecule has 4 aromatic carbocycles. The number of ether oxygens (including phenoxy) is 3. The summed E-state index contributed by atoms with van der Waals surface area (Å²) in [5, 5.41) is 3.32. The van der Waals surface area contributed by atoms with Gasteiger partial charge in [-0.05, 0) is 47.5 Å². The second-order valence-electron chi connectivity index (χ2n) is 11.4. The number of methoxy groups -OCH3 is 2. The molecule has 6 rings (SSSR count). The van der Waals surface area contributed by atoms with Crippen molar-refractivity contribution in [3.63, 3.8) is 0 Å². The van der Waals surface area contributed by atoms with E-state index in [1.807, 2.05) is 18.2 Å². The molecule has 49 heavy (non-hydrogen) atoms. The molecule has 15 heteroatoms. The van der Waals surface area contributed by atoms with Crippen LogP contribution in [-0.4, -0.2) is 59.3 Å². The second-order valence-corrected chi connectivity index (χ2v) is 13.6. The van der Waals surface area contributed by atoms with E-state index in [9.17, 15) is 26.4 Å². The lowest BCUT2D eigenvalue weighted by molar-refractivity contribution is -0.275. The van der Waals surface area contributed by atoms with Crippen LogP contribution in [0.4, 0.5) is 18.9 Å². The van der Waals surface area contributed by atoms with E-state index in [0.717, 1.165) is 29.3 Å². The number of halogens is 4. The minimum Gasteiger partial charge on any atom is -0.497 e. The molecule has 0 bridgehead atoms. The normalized spacial score (nSPS) is 18.6. The van der Waals surface area contributed by atoms with Crippen LogP contribution in [0.15, 0.2) is 89.8 Å². The molecule has 2 aliphatic rings. The van der Waals surface area contributed by atoms with Gasteiger partial charge in [-0.3, -0.25) is 14.9 Å². The Morgan fingerprint density at radius 1 is 0.980 bits per heavy atom. The van der Waals surface area contributed by atoms with Crippen LogP contribution < -0.4 is 23.8 Å². The Labute approximate surface area is 285 Å². The van der Waals surface area contributed by atoms with Crippen LogP contribution in [-0.2, 0) is 31.6 Å². The van der Waals surface area contributed by atoms with Crippen LogP contribution in [0, 0.1) is 0 Å². The van der Waals surface area contributed by atoms with Crippen molar-refractivity contribution in [2.45, 2.75) is 29.3 Å². The molecular formula is C34H29ClF3N3O7S. The van der Waals surface area contributed by atoms with Crippen molar-refractivity contribution in [3.05, 3.63) is 112 Å². The Hall–Kier alpha value is -4.79. The van der Waals surface area contributed by atoms with Gasteiger partial charge in [0.25, 0.3) is 15.9 Å². The van der Waals surface area contributed by atoms with Gasteiger partial charge >= 0.3 is 6.36 Å². The van der Waals surface area contributed by atoms with E-state index in [0.29, 0.717) is 10.8 Å². The average molecular weight is 716 g/mol. The molecule has 2 unspecified atom stereocenters. The van der Waals surface area contributed by atoms with E-state index in [4.69, 9.17) is 21.1 Å². The molecule has 0 saturated carbocycles. The summed E-state index contributed by atoms with van der Waals surface area (Å²) in [5.74, 6) is -2.53. The maximum atomic E-state index is 15.1. The summed E-state index contributed by atoms with van der Waals surface area (Å²) in [6.45, 7) is 0.0327. The molecule has 2 atom stereocenters. The molecule has 4 aromatic rings. The zero-order valence-electron chi connectivity index (χ0n) is 26.2. The first kappa shape index (κ1) is 34.1. The van der Waals surface area contributed by atoms with Crippen molar-refractivity contribution in [2.75, 3.05) is 32.1 Å². The smallest absolute Gasteiger partial charge is 0.497 e. The topological polar surface area (TPSA) is 114 Å². The number of nitrogens with one attached hydrogen (secondary N) is 1. The van der Waals surface area contributed by atoms with Crippen LogP contribution in [0.3, 0.4) is 0 Å². The quantitative estimate of drug-likeness (QED) is 0.239. The first-order valence-electron chi connectivity index (χ1n) is 14.8. The van der Waals surface area contributed by atoms with Gasteiger partial charge in [0.1, 0.15) is 27.9 Å². The fourth-order valence-corrected chi connectivity index (χ4v) is 8.22. The van der Waals surface area contributed by atoms with E-state index < -0.39 is 56.8 Å². The summed E-state index contributed by atoms with van der Waals surface area (Å²) in [6, 6.07) is 19.8. The Kier molecular flexibility index (Phi) is 8.76. The zero-order chi connectivity index (χ0) is 35.3. The number of alkyl halides is 3. The fourth-order valence-electron chi connectivity index (χ4n) is 6.46. The van der Waals surface area contributed by atoms with Gasteiger partial charge in [0.15, 0.2) is 5.75 Å². The van der Waals surface area contributed by atoms with Crippen molar-refractivity contribution in [1.82, 2.24) is 10.2 Å². The Bertz CT molecular complexity index is 2080. The maximum Gasteiger partial charge on any atom is 0.573 e. The number of hydrogen-bond acceptors (Lipinski definition) is 8. The molecule has 10 nitrogen and oxygen atoms in total. The maximum absolute atomic E-state index is 15.1. The largest absolute Gasteiger partial charge is 0.573 e. The molecule has 0 fully saturated rings. The highest BCUT2D eigenvalue weighted by atomic mass is 35.5. The van der Waals surface area contributed by atoms with Crippen molar-refractivity contribution < 1.29 is 45.4 Å². The Morgan fingerprint density at radius 3 is 2.41 bits per heavy atom. The SMILES string of the molecule is COc1ccc(S(=O)(=O)N2C(=O)C(CN(C)C(=O)C3NCc4ccccc43)(c3ccccc3OC)c3cc(Cl)ccc32)c(OC(F)(F)F)c1. The number of anilines is 1. The molecule has 0 aliphatic carbocycles. The fraction of sp³-hybridized carbons (Fsp3) is 0.235. The number of fused-ring (bicyclic) bond motifs is 2. The number of sulfonamides is 1. The van der Waals surface area contributed by atoms with Gasteiger partial charge in [-0.1, -0.05) is 54.1 Å². The minimum absolute atomic E-state index is 0.0873. The standard InChI is InChI=1S/C34H29ClF3N3O7S/c1-40(31(42)30-23-9-5-4-8-20(23)18-39-30)19-33(24-10-6-7-11-27(24)47-3)25-16-21(35)12-14-26(25)41(32(33)43)49(44,45)29-15-13-22(46-2)17-28(29)48-34(36,37)38/h4-17,30,39H,18-19H2,1-3H3. The molecule has 2 amide bonds. The third kappa shape index (κ3) is 5.83. The predicted molar refractivity (Wildman–Crippen MR) is 173 cm³/mol. The molecule has 0 saturated heterocycles. The number of amides is 2. The molecule has 0 radical (unpaired) electrons. The van der Waals surface area contributed by atoms with Gasteiger partial charge in [0.2, 0.25) is 5.91 Å². The number of hydrogen-bond donors (Lipinski definition) is 1. The summed E-state index contributed by atoms with van der Waals surface area (Å²) in [5.41, 5.74) is -0.183. The summed E-state index contributed by atoms with van der Waals surface area (Å²) in [4.78, 5) is 29.5. The molecule has 0 aromatic heterocycles. The number of para-hydroxylation sites is 1. The molecule has 1 N–H and O–H groups in total. The van der Waals surface area contributed by atoms with Crippen molar-refractivity contribution >= 4 is 39.1 Å². The van der Waals surface area contributed by atoms with E-state index in [1.165, 1.54) is 44.4 Å². The lowest BCUT2D eigenvalue weighted by atomic mass is 9.74. The Balaban J connectivity index is 1.55. The van der Waals surface area contributed by atoms with E-state index in [1.54, 1.807) is 30.3 Å². The third-order valence-electron chi connectivity index (χ3n) is 8.61. The second kappa shape index (κ2) is 12.6. The lowest BCUT2D eigenvalue weighted by Gasteiger charge is -2.35. The number of carbonyl (C=O) groups excluding carboxylic acids is 2. The van der Waals surface area contributed by atoms with Gasteiger partial charge in [-0.25, -0.2) is 12.7 Å². The highest BCUT2D eigenvalue weighted by Gasteiger charge is 2.58. The average Bonchev–Trinajstić information content (AvgIpc) is 3.60. The molecule has 2 aliphatic heterocycles. The number of benzene rings is 4. The molecule has 256 valence electrons. The van der Waals surface area contributed by atoms with E-state index in [-0.39, 0.29) is 33.3 Å². The minimum atomic E-state index is -5.28. The van der Waals surface area contributed by atoms with E-state index in [2.05, 4.69) is 10.1 Å². The number of nitrogens with zero attached hydrogens (tertiary/aromatic N) is 2. The molecule has 0 spiro atoms. The van der Waals surface area contributed by atoms with Gasteiger partial charge < -0.3 is 19.1 Å². The third-order valence-corrected chi connectivity index (χ3v) is 10.6.